The first kappa shape index (κ1) is 12.2. The molecule has 0 saturated heterocycles. The summed E-state index contributed by atoms with van der Waals surface area (Å²) in [6.07, 6.45) is 0. The first-order valence-corrected chi connectivity index (χ1v) is 7.41. The van der Waals surface area contributed by atoms with Crippen molar-refractivity contribution in [2.24, 2.45) is 0 Å². The zero-order valence-corrected chi connectivity index (χ0v) is 10.3. The SMILES string of the molecule is OCS(CO)(c1ccccc1)c1ccccc1. The van der Waals surface area contributed by atoms with Gasteiger partial charge in [0.2, 0.25) is 0 Å². The van der Waals surface area contributed by atoms with Crippen molar-refractivity contribution in [2.45, 2.75) is 9.79 Å². The third-order valence-corrected chi connectivity index (χ3v) is 6.06. The van der Waals surface area contributed by atoms with Crippen LogP contribution in [0.3, 0.4) is 0 Å². The van der Waals surface area contributed by atoms with Gasteiger partial charge in [-0.1, -0.05) is 36.4 Å². The highest BCUT2D eigenvalue weighted by molar-refractivity contribution is 8.33. The fourth-order valence-corrected chi connectivity index (χ4v) is 4.14. The summed E-state index contributed by atoms with van der Waals surface area (Å²) < 4.78 is 0. The van der Waals surface area contributed by atoms with Crippen molar-refractivity contribution in [3.05, 3.63) is 60.7 Å². The fourth-order valence-electron chi connectivity index (χ4n) is 1.84. The minimum absolute atomic E-state index is 0.0302. The Bertz CT molecular complexity index is 411. The molecule has 0 saturated carbocycles. The Balaban J connectivity index is 2.54. The second kappa shape index (κ2) is 5.36. The lowest BCUT2D eigenvalue weighted by atomic mass is 10.4. The van der Waals surface area contributed by atoms with Crippen LogP contribution in [0.2, 0.25) is 0 Å². The van der Waals surface area contributed by atoms with Crippen molar-refractivity contribution in [1.29, 1.82) is 0 Å². The predicted octanol–water partition coefficient (Wildman–Crippen LogP) is 2.81. The van der Waals surface area contributed by atoms with Crippen LogP contribution in [0.4, 0.5) is 0 Å². The minimum Gasteiger partial charge on any atom is -0.387 e. The topological polar surface area (TPSA) is 40.5 Å². The van der Waals surface area contributed by atoms with Crippen LogP contribution in [0.1, 0.15) is 0 Å². The van der Waals surface area contributed by atoms with E-state index < -0.39 is 10.0 Å². The Morgan fingerprint density at radius 2 is 1.00 bits per heavy atom. The molecule has 0 radical (unpaired) electrons. The molecule has 0 fully saturated rings. The summed E-state index contributed by atoms with van der Waals surface area (Å²) in [6, 6.07) is 19.5. The van der Waals surface area contributed by atoms with E-state index in [2.05, 4.69) is 0 Å². The Morgan fingerprint density at radius 1 is 0.647 bits per heavy atom. The summed E-state index contributed by atoms with van der Waals surface area (Å²) in [4.78, 5) is 2.02. The summed E-state index contributed by atoms with van der Waals surface area (Å²) in [5.41, 5.74) is 0. The van der Waals surface area contributed by atoms with E-state index in [-0.39, 0.29) is 11.9 Å². The Morgan fingerprint density at radius 3 is 1.29 bits per heavy atom. The molecule has 0 amide bonds. The van der Waals surface area contributed by atoms with E-state index in [9.17, 15) is 10.2 Å². The summed E-state index contributed by atoms with van der Waals surface area (Å²) in [7, 11) is -1.72. The highest BCUT2D eigenvalue weighted by Crippen LogP contribution is 2.60. The van der Waals surface area contributed by atoms with Crippen molar-refractivity contribution < 1.29 is 10.2 Å². The minimum atomic E-state index is -1.72. The molecule has 3 heteroatoms. The molecule has 0 aliphatic carbocycles. The van der Waals surface area contributed by atoms with Crippen LogP contribution in [-0.4, -0.2) is 22.1 Å². The van der Waals surface area contributed by atoms with Crippen molar-refractivity contribution in [1.82, 2.24) is 0 Å². The molecular formula is C14H16O2S. The standard InChI is InChI=1S/C14H16O2S/c15-11-17(12-16,13-7-3-1-4-8-13)14-9-5-2-6-10-14/h1-10,15-16H,11-12H2. The summed E-state index contributed by atoms with van der Waals surface area (Å²) in [5, 5.41) is 19.5. The molecular weight excluding hydrogens is 232 g/mol. The van der Waals surface area contributed by atoms with Gasteiger partial charge in [0, 0.05) is 0 Å². The molecule has 0 atom stereocenters. The number of benzene rings is 2. The van der Waals surface area contributed by atoms with Gasteiger partial charge < -0.3 is 10.2 Å². The number of rotatable bonds is 4. The highest BCUT2D eigenvalue weighted by atomic mass is 32.3. The first-order chi connectivity index (χ1) is 8.33. The average molecular weight is 248 g/mol. The second-order valence-electron chi connectivity index (χ2n) is 3.77. The Hall–Kier alpha value is -1.29. The lowest BCUT2D eigenvalue weighted by Gasteiger charge is -2.36. The first-order valence-electron chi connectivity index (χ1n) is 5.44. The molecule has 0 unspecified atom stereocenters. The van der Waals surface area contributed by atoms with E-state index in [1.807, 2.05) is 60.7 Å². The molecule has 0 aromatic heterocycles. The average Bonchev–Trinajstić information content (AvgIpc) is 2.43. The molecule has 0 aliphatic heterocycles. The number of hydrogen-bond donors (Lipinski definition) is 2. The lowest BCUT2D eigenvalue weighted by molar-refractivity contribution is 0.344. The molecule has 0 spiro atoms. The number of aliphatic hydroxyl groups is 2. The third-order valence-electron chi connectivity index (χ3n) is 2.83. The predicted molar refractivity (Wildman–Crippen MR) is 71.2 cm³/mol. The Labute approximate surface area is 103 Å². The molecule has 2 aromatic carbocycles. The molecule has 2 nitrogen and oxygen atoms in total. The van der Waals surface area contributed by atoms with Crippen LogP contribution in [0.25, 0.3) is 0 Å². The van der Waals surface area contributed by atoms with E-state index in [4.69, 9.17) is 0 Å². The van der Waals surface area contributed by atoms with Crippen LogP contribution in [0.5, 0.6) is 0 Å². The van der Waals surface area contributed by atoms with E-state index in [0.717, 1.165) is 9.79 Å². The van der Waals surface area contributed by atoms with Gasteiger partial charge in [-0.15, -0.1) is 10.0 Å². The summed E-state index contributed by atoms with van der Waals surface area (Å²) >= 11 is 0. The van der Waals surface area contributed by atoms with E-state index in [1.165, 1.54) is 0 Å². The van der Waals surface area contributed by atoms with Crippen molar-refractivity contribution in [2.75, 3.05) is 11.9 Å². The maximum atomic E-state index is 9.76. The Kier molecular flexibility index (Phi) is 3.84. The van der Waals surface area contributed by atoms with Crippen LogP contribution in [0.15, 0.2) is 70.5 Å². The second-order valence-corrected chi connectivity index (χ2v) is 6.99. The van der Waals surface area contributed by atoms with Crippen LogP contribution < -0.4 is 0 Å². The molecule has 90 valence electrons. The summed E-state index contributed by atoms with van der Waals surface area (Å²) in [6.45, 7) is 0. The third kappa shape index (κ3) is 2.22. The van der Waals surface area contributed by atoms with E-state index in [1.54, 1.807) is 0 Å². The van der Waals surface area contributed by atoms with E-state index in [0.29, 0.717) is 0 Å². The molecule has 0 aliphatic rings. The van der Waals surface area contributed by atoms with Crippen LogP contribution in [0, 0.1) is 0 Å². The van der Waals surface area contributed by atoms with Gasteiger partial charge in [0.1, 0.15) is 0 Å². The normalized spacial score (nSPS) is 12.4. The quantitative estimate of drug-likeness (QED) is 0.873. The molecule has 2 aromatic rings. The van der Waals surface area contributed by atoms with Gasteiger partial charge in [-0.3, -0.25) is 0 Å². The largest absolute Gasteiger partial charge is 0.387 e. The smallest absolute Gasteiger partial charge is 0.0828 e. The fraction of sp³-hybridized carbons (Fsp3) is 0.143. The zero-order chi connectivity index (χ0) is 12.1. The highest BCUT2D eigenvalue weighted by Gasteiger charge is 2.26. The number of hydrogen-bond acceptors (Lipinski definition) is 2. The lowest BCUT2D eigenvalue weighted by Crippen LogP contribution is -2.10. The summed E-state index contributed by atoms with van der Waals surface area (Å²) in [5.74, 6) is -0.0605. The maximum Gasteiger partial charge on any atom is 0.0828 e. The zero-order valence-electron chi connectivity index (χ0n) is 9.49. The molecule has 2 rings (SSSR count). The van der Waals surface area contributed by atoms with Gasteiger partial charge >= 0.3 is 0 Å². The van der Waals surface area contributed by atoms with E-state index >= 15 is 0 Å². The van der Waals surface area contributed by atoms with Gasteiger partial charge in [-0.2, -0.15) is 0 Å². The molecule has 0 bridgehead atoms. The van der Waals surface area contributed by atoms with Crippen molar-refractivity contribution in [3.8, 4) is 0 Å². The van der Waals surface area contributed by atoms with Gasteiger partial charge in [0.25, 0.3) is 0 Å². The number of aliphatic hydroxyl groups excluding tert-OH is 2. The van der Waals surface area contributed by atoms with Gasteiger partial charge in [0.15, 0.2) is 0 Å². The maximum absolute atomic E-state index is 9.76. The van der Waals surface area contributed by atoms with Gasteiger partial charge in [-0.05, 0) is 34.1 Å². The monoisotopic (exact) mass is 248 g/mol. The van der Waals surface area contributed by atoms with Crippen LogP contribution in [-0.2, 0) is 0 Å². The van der Waals surface area contributed by atoms with Crippen molar-refractivity contribution >= 4 is 10.0 Å². The molecule has 17 heavy (non-hydrogen) atoms. The van der Waals surface area contributed by atoms with Gasteiger partial charge in [-0.25, -0.2) is 0 Å². The molecule has 0 heterocycles. The molecule has 2 N–H and O–H groups in total. The van der Waals surface area contributed by atoms with Crippen molar-refractivity contribution in [3.63, 3.8) is 0 Å². The van der Waals surface area contributed by atoms with Crippen LogP contribution >= 0.6 is 10.0 Å². The van der Waals surface area contributed by atoms with Gasteiger partial charge in [0.05, 0.1) is 11.9 Å².